The number of para-hydroxylation sites is 1. The van der Waals surface area contributed by atoms with Gasteiger partial charge in [0.15, 0.2) is 0 Å². The minimum Gasteiger partial charge on any atom is -0.354 e. The second kappa shape index (κ2) is 14.2. The Morgan fingerprint density at radius 3 is 2.22 bits per heavy atom. The molecular formula is C36H31F2N7O4S. The van der Waals surface area contributed by atoms with Crippen LogP contribution < -0.4 is 27.6 Å². The molecule has 0 unspecified atom stereocenters. The quantitative estimate of drug-likeness (QED) is 0.182. The maximum Gasteiger partial charge on any atom is 0.337 e. The molecule has 0 saturated heterocycles. The van der Waals surface area contributed by atoms with Crippen molar-refractivity contribution in [3.05, 3.63) is 146 Å². The number of pyridine rings is 1. The zero-order valence-corrected chi connectivity index (χ0v) is 27.8. The fourth-order valence-corrected chi connectivity index (χ4v) is 7.01. The highest BCUT2D eigenvalue weighted by atomic mass is 32.1. The summed E-state index contributed by atoms with van der Waals surface area (Å²) in [5.74, 6) is -1.99. The lowest BCUT2D eigenvalue weighted by Crippen LogP contribution is -2.39. The van der Waals surface area contributed by atoms with Gasteiger partial charge in [-0.15, -0.1) is 11.3 Å². The molecule has 6 aromatic rings. The van der Waals surface area contributed by atoms with Crippen molar-refractivity contribution in [1.82, 2.24) is 24.3 Å². The number of urea groups is 1. The minimum absolute atomic E-state index is 0.179. The summed E-state index contributed by atoms with van der Waals surface area (Å²) in [7, 11) is 3.34. The Bertz CT molecular complexity index is 2340. The highest BCUT2D eigenvalue weighted by molar-refractivity contribution is 7.22. The third-order valence-electron chi connectivity index (χ3n) is 8.01. The Labute approximate surface area is 288 Å². The molecular weight excluding hydrogens is 665 g/mol. The summed E-state index contributed by atoms with van der Waals surface area (Å²) in [4.78, 5) is 59.6. The van der Waals surface area contributed by atoms with Crippen LogP contribution in [-0.4, -0.2) is 45.1 Å². The number of carbonyl (C=O) groups excluding carboxylic acids is 2. The number of thiophene rings is 1. The molecule has 0 fully saturated rings. The van der Waals surface area contributed by atoms with Crippen LogP contribution in [-0.2, 0) is 19.6 Å². The van der Waals surface area contributed by atoms with Crippen molar-refractivity contribution in [2.45, 2.75) is 19.6 Å². The number of hydrogen-bond donors (Lipinski definition) is 3. The molecule has 0 aliphatic heterocycles. The molecule has 11 nitrogen and oxygen atoms in total. The number of rotatable bonds is 10. The smallest absolute Gasteiger partial charge is 0.337 e. The normalized spacial score (nSPS) is 11.2. The lowest BCUT2D eigenvalue weighted by molar-refractivity contribution is 0.0957. The van der Waals surface area contributed by atoms with Gasteiger partial charge >= 0.3 is 11.7 Å². The number of anilines is 1. The molecule has 254 valence electrons. The van der Waals surface area contributed by atoms with Crippen molar-refractivity contribution in [1.29, 1.82) is 0 Å². The van der Waals surface area contributed by atoms with Crippen molar-refractivity contribution < 1.29 is 18.4 Å². The van der Waals surface area contributed by atoms with Crippen LogP contribution in [0.5, 0.6) is 0 Å². The molecule has 3 heterocycles. The molecule has 50 heavy (non-hydrogen) atoms. The number of primary amides is 1. The first kappa shape index (κ1) is 33.9. The van der Waals surface area contributed by atoms with Gasteiger partial charge in [0, 0.05) is 36.3 Å². The van der Waals surface area contributed by atoms with E-state index in [-0.39, 0.29) is 46.2 Å². The average Bonchev–Trinajstić information content (AvgIpc) is 3.47. The van der Waals surface area contributed by atoms with Gasteiger partial charge in [0.1, 0.15) is 22.2 Å². The minimum atomic E-state index is -0.830. The Morgan fingerprint density at radius 2 is 1.56 bits per heavy atom. The first-order valence-electron chi connectivity index (χ1n) is 15.4. The zero-order valence-electron chi connectivity index (χ0n) is 26.9. The number of fused-ring (bicyclic) bond motifs is 1. The maximum absolute atomic E-state index is 15.0. The number of nitrogens with two attached hydrogens (primary N) is 1. The van der Waals surface area contributed by atoms with Gasteiger partial charge in [0.05, 0.1) is 23.3 Å². The van der Waals surface area contributed by atoms with E-state index in [0.29, 0.717) is 27.4 Å². The molecule has 6 rings (SSSR count). The molecule has 0 atom stereocenters. The van der Waals surface area contributed by atoms with Gasteiger partial charge in [-0.05, 0) is 66.7 Å². The van der Waals surface area contributed by atoms with E-state index in [4.69, 9.17) is 5.73 Å². The van der Waals surface area contributed by atoms with E-state index in [1.807, 2.05) is 11.9 Å². The van der Waals surface area contributed by atoms with E-state index in [0.717, 1.165) is 28.0 Å². The van der Waals surface area contributed by atoms with Gasteiger partial charge in [-0.3, -0.25) is 19.1 Å². The molecule has 0 bridgehead atoms. The van der Waals surface area contributed by atoms with Crippen LogP contribution >= 0.6 is 11.3 Å². The molecule has 3 aromatic carbocycles. The highest BCUT2D eigenvalue weighted by Gasteiger charge is 2.26. The number of nitrogens with zero attached hydrogens (tertiary/aromatic N) is 4. The first-order chi connectivity index (χ1) is 24.0. The number of halogens is 2. The van der Waals surface area contributed by atoms with E-state index in [2.05, 4.69) is 15.6 Å². The van der Waals surface area contributed by atoms with E-state index in [1.165, 1.54) is 17.7 Å². The van der Waals surface area contributed by atoms with Crippen LogP contribution in [0.2, 0.25) is 0 Å². The maximum atomic E-state index is 15.0. The number of hydrogen-bond acceptors (Lipinski definition) is 7. The molecule has 14 heteroatoms. The van der Waals surface area contributed by atoms with Crippen LogP contribution in [0.25, 0.3) is 26.3 Å². The molecule has 3 amide bonds. The van der Waals surface area contributed by atoms with Crippen LogP contribution in [0.15, 0.2) is 101 Å². The lowest BCUT2D eigenvalue weighted by Gasteiger charge is -2.18. The van der Waals surface area contributed by atoms with E-state index in [9.17, 15) is 19.2 Å². The van der Waals surface area contributed by atoms with E-state index < -0.39 is 35.5 Å². The second-order valence-electron chi connectivity index (χ2n) is 11.5. The predicted octanol–water partition coefficient (Wildman–Crippen LogP) is 5.08. The topological polar surface area (TPSA) is 144 Å². The largest absolute Gasteiger partial charge is 0.354 e. The van der Waals surface area contributed by atoms with Crippen molar-refractivity contribution in [3.8, 4) is 16.1 Å². The molecule has 0 saturated carbocycles. The Hall–Kier alpha value is -5.99. The third-order valence-corrected chi connectivity index (χ3v) is 9.31. The SMILES string of the molecule is CNC(=O)c1cccc(CN(C)Cc2c(-c3ccc(NC(N)=O)cc3)sc3c2c(=O)n(-c2ccccc2)c(=O)n3Cc2c(F)cccc2F)n1. The van der Waals surface area contributed by atoms with Gasteiger partial charge in [0.2, 0.25) is 0 Å². The number of nitrogens with one attached hydrogen (secondary N) is 2. The van der Waals surface area contributed by atoms with E-state index >= 15 is 8.78 Å². The first-order valence-corrected chi connectivity index (χ1v) is 16.2. The second-order valence-corrected chi connectivity index (χ2v) is 12.5. The fraction of sp³-hybridized carbons (Fsp3) is 0.139. The molecule has 0 spiro atoms. The summed E-state index contributed by atoms with van der Waals surface area (Å²) in [5.41, 5.74) is 6.41. The summed E-state index contributed by atoms with van der Waals surface area (Å²) in [6.07, 6.45) is 0. The van der Waals surface area contributed by atoms with Gasteiger partial charge in [-0.25, -0.2) is 27.9 Å². The van der Waals surface area contributed by atoms with Crippen molar-refractivity contribution in [2.75, 3.05) is 19.4 Å². The number of carbonyl (C=O) groups is 2. The van der Waals surface area contributed by atoms with Crippen molar-refractivity contribution in [3.63, 3.8) is 0 Å². The third kappa shape index (κ3) is 6.79. The van der Waals surface area contributed by atoms with Gasteiger partial charge in [-0.2, -0.15) is 0 Å². The monoisotopic (exact) mass is 695 g/mol. The number of benzene rings is 3. The summed E-state index contributed by atoms with van der Waals surface area (Å²) in [6.45, 7) is -0.0112. The summed E-state index contributed by atoms with van der Waals surface area (Å²) >= 11 is 1.14. The predicted molar refractivity (Wildman–Crippen MR) is 189 cm³/mol. The Morgan fingerprint density at radius 1 is 0.880 bits per heavy atom. The van der Waals surface area contributed by atoms with Crippen LogP contribution in [0.3, 0.4) is 0 Å². The molecule has 0 aliphatic rings. The van der Waals surface area contributed by atoms with Gasteiger partial charge in [0.25, 0.3) is 11.5 Å². The molecule has 0 aliphatic carbocycles. The number of amides is 3. The standard InChI is InChI=1S/C36H31F2N7O4S/c1-40-32(46)29-13-6-8-23(41-29)18-43(2)19-26-30-33(47)45(24-9-4-3-5-10-24)36(49)44(20-25-27(37)11-7-12-28(25)38)34(30)50-31(26)21-14-16-22(17-15-21)42-35(39)48/h3-17H,18-20H2,1-2H3,(H,40,46)(H3,39,42,48). The summed E-state index contributed by atoms with van der Waals surface area (Å²) in [5, 5.41) is 5.28. The summed E-state index contributed by atoms with van der Waals surface area (Å²) < 4.78 is 32.3. The van der Waals surface area contributed by atoms with Crippen LogP contribution in [0.1, 0.15) is 27.3 Å². The Balaban J connectivity index is 1.58. The highest BCUT2D eigenvalue weighted by Crippen LogP contribution is 2.38. The average molecular weight is 696 g/mol. The molecule has 3 aromatic heterocycles. The molecule has 0 radical (unpaired) electrons. The number of aromatic nitrogens is 3. The van der Waals surface area contributed by atoms with E-state index in [1.54, 1.807) is 72.8 Å². The van der Waals surface area contributed by atoms with Crippen LogP contribution in [0, 0.1) is 11.6 Å². The zero-order chi connectivity index (χ0) is 35.5. The fourth-order valence-electron chi connectivity index (χ4n) is 5.71. The van der Waals surface area contributed by atoms with Crippen LogP contribution in [0.4, 0.5) is 19.3 Å². The summed E-state index contributed by atoms with van der Waals surface area (Å²) in [6, 6.07) is 22.9. The van der Waals surface area contributed by atoms with Gasteiger partial charge in [-0.1, -0.05) is 42.5 Å². The Kier molecular flexibility index (Phi) is 9.65. The van der Waals surface area contributed by atoms with Gasteiger partial charge < -0.3 is 16.4 Å². The lowest BCUT2D eigenvalue weighted by atomic mass is 10.1. The molecule has 4 N–H and O–H groups in total. The van der Waals surface area contributed by atoms with Crippen molar-refractivity contribution >= 4 is 39.2 Å². The van der Waals surface area contributed by atoms with Crippen molar-refractivity contribution in [2.24, 2.45) is 5.73 Å².